The van der Waals surface area contributed by atoms with Crippen LogP contribution in [0.1, 0.15) is 36.3 Å². The molecule has 4 nitrogen and oxygen atoms in total. The molecule has 144 valence electrons. The standard InChI is InChI=1S/C14H15ClN4S2.C2H5F.C2H6/c1-8-6-9(18-7-11-17-4-5-20-11)14-13(19-8)12(15)10(21-14)2-3-16;1-2-3;1-2/h4-6H,2-3,7,16H2,1H3,(H,18,19);2H2,1H3;1-2H3. The Kier molecular flexibility index (Phi) is 10.7. The number of halogens is 2. The fraction of sp³-hybridized carbons (Fsp3) is 0.444. The molecule has 0 unspecified atom stereocenters. The maximum Gasteiger partial charge on any atom is 0.112 e. The third-order valence-corrected chi connectivity index (χ3v) is 5.63. The highest BCUT2D eigenvalue weighted by Gasteiger charge is 2.15. The minimum atomic E-state index is -0.250. The molecule has 0 fully saturated rings. The summed E-state index contributed by atoms with van der Waals surface area (Å²) in [4.78, 5) is 9.96. The van der Waals surface area contributed by atoms with Gasteiger partial charge in [0.2, 0.25) is 0 Å². The van der Waals surface area contributed by atoms with Crippen molar-refractivity contribution in [2.75, 3.05) is 18.5 Å². The van der Waals surface area contributed by atoms with E-state index in [2.05, 4.69) is 21.4 Å². The van der Waals surface area contributed by atoms with Crippen LogP contribution in [0.25, 0.3) is 10.2 Å². The van der Waals surface area contributed by atoms with Crippen molar-refractivity contribution < 1.29 is 4.39 Å². The number of nitrogens with one attached hydrogen (secondary N) is 1. The molecule has 3 aromatic rings. The summed E-state index contributed by atoms with van der Waals surface area (Å²) in [6.07, 6.45) is 2.60. The van der Waals surface area contributed by atoms with E-state index < -0.39 is 0 Å². The number of anilines is 1. The lowest BCUT2D eigenvalue weighted by molar-refractivity contribution is 0.527. The van der Waals surface area contributed by atoms with E-state index in [1.807, 2.05) is 32.3 Å². The molecule has 0 amide bonds. The predicted octanol–water partition coefficient (Wildman–Crippen LogP) is 5.83. The Balaban J connectivity index is 0.000000615. The second-order valence-corrected chi connectivity index (χ2v) is 7.38. The lowest BCUT2D eigenvalue weighted by Gasteiger charge is -2.06. The summed E-state index contributed by atoms with van der Waals surface area (Å²) in [7, 11) is 0. The molecular formula is C18H26ClFN4S2. The van der Waals surface area contributed by atoms with Gasteiger partial charge in [0.1, 0.15) is 10.5 Å². The Bertz CT molecular complexity index is 775. The molecule has 0 aliphatic carbocycles. The van der Waals surface area contributed by atoms with Crippen LogP contribution in [0.15, 0.2) is 17.6 Å². The summed E-state index contributed by atoms with van der Waals surface area (Å²) in [6, 6.07) is 2.05. The summed E-state index contributed by atoms with van der Waals surface area (Å²) in [5.41, 5.74) is 8.52. The number of aryl methyl sites for hydroxylation is 1. The van der Waals surface area contributed by atoms with Gasteiger partial charge in [0, 0.05) is 22.1 Å². The molecule has 3 rings (SSSR count). The summed E-state index contributed by atoms with van der Waals surface area (Å²) in [5.74, 6) is 0. The van der Waals surface area contributed by atoms with Gasteiger partial charge in [0.15, 0.2) is 0 Å². The van der Waals surface area contributed by atoms with Gasteiger partial charge in [0.25, 0.3) is 0 Å². The van der Waals surface area contributed by atoms with Crippen LogP contribution in [0, 0.1) is 6.92 Å². The van der Waals surface area contributed by atoms with Gasteiger partial charge in [-0.2, -0.15) is 0 Å². The number of rotatable bonds is 5. The third-order valence-electron chi connectivity index (χ3n) is 3.06. The van der Waals surface area contributed by atoms with E-state index in [0.29, 0.717) is 13.1 Å². The average molecular weight is 417 g/mol. The van der Waals surface area contributed by atoms with Gasteiger partial charge in [0.05, 0.1) is 28.6 Å². The predicted molar refractivity (Wildman–Crippen MR) is 115 cm³/mol. The highest BCUT2D eigenvalue weighted by atomic mass is 35.5. The number of alkyl halides is 1. The van der Waals surface area contributed by atoms with Crippen molar-refractivity contribution >= 4 is 50.2 Å². The number of thiazole rings is 1. The molecule has 26 heavy (non-hydrogen) atoms. The van der Waals surface area contributed by atoms with E-state index >= 15 is 0 Å². The summed E-state index contributed by atoms with van der Waals surface area (Å²) in [6.45, 7) is 8.48. The molecule has 0 aliphatic heterocycles. The molecular weight excluding hydrogens is 391 g/mol. The minimum Gasteiger partial charge on any atom is -0.377 e. The SMILES string of the molecule is CC.CCF.Cc1cc(NCc2nccs2)c2sc(CCN)c(Cl)c2n1. The number of hydrogen-bond acceptors (Lipinski definition) is 6. The summed E-state index contributed by atoms with van der Waals surface area (Å²) >= 11 is 9.74. The number of nitrogens with two attached hydrogens (primary N) is 1. The fourth-order valence-electron chi connectivity index (χ4n) is 2.15. The Hall–Kier alpha value is -1.28. The van der Waals surface area contributed by atoms with Crippen LogP contribution in [0.5, 0.6) is 0 Å². The molecule has 3 N–H and O–H groups in total. The largest absolute Gasteiger partial charge is 0.377 e. The maximum atomic E-state index is 10.3. The number of nitrogens with zero attached hydrogens (tertiary/aromatic N) is 2. The first kappa shape index (κ1) is 22.8. The van der Waals surface area contributed by atoms with Gasteiger partial charge in [-0.1, -0.05) is 25.4 Å². The van der Waals surface area contributed by atoms with Crippen LogP contribution in [0.3, 0.4) is 0 Å². The molecule has 8 heteroatoms. The monoisotopic (exact) mass is 416 g/mol. The molecule has 0 saturated carbocycles. The molecule has 3 aromatic heterocycles. The second kappa shape index (κ2) is 12.2. The van der Waals surface area contributed by atoms with Gasteiger partial charge >= 0.3 is 0 Å². The van der Waals surface area contributed by atoms with E-state index in [1.165, 1.54) is 6.92 Å². The Morgan fingerprint density at radius 2 is 2.04 bits per heavy atom. The molecule has 0 spiro atoms. The topological polar surface area (TPSA) is 63.8 Å². The van der Waals surface area contributed by atoms with Crippen molar-refractivity contribution in [3.63, 3.8) is 0 Å². The Labute approximate surface area is 167 Å². The van der Waals surface area contributed by atoms with E-state index in [4.69, 9.17) is 17.3 Å². The van der Waals surface area contributed by atoms with Crippen LogP contribution >= 0.6 is 34.3 Å². The van der Waals surface area contributed by atoms with Crippen molar-refractivity contribution in [3.8, 4) is 0 Å². The number of fused-ring (bicyclic) bond motifs is 1. The van der Waals surface area contributed by atoms with Crippen LogP contribution in [0.4, 0.5) is 10.1 Å². The molecule has 0 saturated heterocycles. The zero-order chi connectivity index (χ0) is 19.5. The lowest BCUT2D eigenvalue weighted by Crippen LogP contribution is -2.01. The van der Waals surface area contributed by atoms with Crippen molar-refractivity contribution in [2.45, 2.75) is 40.7 Å². The molecule has 0 bridgehead atoms. The molecule has 0 aromatic carbocycles. The Morgan fingerprint density at radius 3 is 2.62 bits per heavy atom. The van der Waals surface area contributed by atoms with Crippen molar-refractivity contribution in [1.82, 2.24) is 9.97 Å². The van der Waals surface area contributed by atoms with Crippen LogP contribution in [-0.4, -0.2) is 23.2 Å². The van der Waals surface area contributed by atoms with Gasteiger partial charge in [-0.25, -0.2) is 4.98 Å². The molecule has 0 atom stereocenters. The minimum absolute atomic E-state index is 0.250. The number of pyridine rings is 1. The maximum absolute atomic E-state index is 10.3. The normalized spacial score (nSPS) is 9.96. The number of thiophene rings is 1. The van der Waals surface area contributed by atoms with Crippen LogP contribution < -0.4 is 11.1 Å². The van der Waals surface area contributed by atoms with E-state index in [-0.39, 0.29) is 6.67 Å². The van der Waals surface area contributed by atoms with Crippen LogP contribution in [0.2, 0.25) is 5.02 Å². The second-order valence-electron chi connectivity index (χ2n) is 4.91. The highest BCUT2D eigenvalue weighted by molar-refractivity contribution is 7.20. The van der Waals surface area contributed by atoms with Gasteiger partial charge in [-0.05, 0) is 32.9 Å². The van der Waals surface area contributed by atoms with Crippen molar-refractivity contribution in [2.24, 2.45) is 5.73 Å². The first-order valence-electron chi connectivity index (χ1n) is 8.57. The van der Waals surface area contributed by atoms with Crippen molar-refractivity contribution in [1.29, 1.82) is 0 Å². The Morgan fingerprint density at radius 1 is 1.35 bits per heavy atom. The zero-order valence-electron chi connectivity index (χ0n) is 15.6. The van der Waals surface area contributed by atoms with Gasteiger partial charge in [-0.3, -0.25) is 9.37 Å². The number of hydrogen-bond donors (Lipinski definition) is 2. The molecule has 3 heterocycles. The first-order valence-corrected chi connectivity index (χ1v) is 10.6. The average Bonchev–Trinajstić information content (AvgIpc) is 3.25. The fourth-order valence-corrected chi connectivity index (χ4v) is 4.24. The third kappa shape index (κ3) is 6.16. The quantitative estimate of drug-likeness (QED) is 0.549. The van der Waals surface area contributed by atoms with Gasteiger partial charge < -0.3 is 11.1 Å². The van der Waals surface area contributed by atoms with E-state index in [9.17, 15) is 4.39 Å². The number of aromatic nitrogens is 2. The zero-order valence-corrected chi connectivity index (χ0v) is 18.0. The van der Waals surface area contributed by atoms with Gasteiger partial charge in [-0.15, -0.1) is 22.7 Å². The lowest BCUT2D eigenvalue weighted by atomic mass is 10.2. The molecule has 0 aliphatic rings. The first-order chi connectivity index (χ1) is 12.6. The highest BCUT2D eigenvalue weighted by Crippen LogP contribution is 2.39. The van der Waals surface area contributed by atoms with E-state index in [0.717, 1.165) is 42.9 Å². The van der Waals surface area contributed by atoms with Crippen LogP contribution in [-0.2, 0) is 13.0 Å². The smallest absolute Gasteiger partial charge is 0.112 e. The van der Waals surface area contributed by atoms with E-state index in [1.54, 1.807) is 22.7 Å². The summed E-state index contributed by atoms with van der Waals surface area (Å²) < 4.78 is 11.4. The molecule has 0 radical (unpaired) electrons. The van der Waals surface area contributed by atoms with Crippen molar-refractivity contribution in [3.05, 3.63) is 38.2 Å². The summed E-state index contributed by atoms with van der Waals surface area (Å²) in [5, 5.41) is 7.22.